The van der Waals surface area contributed by atoms with Gasteiger partial charge < -0.3 is 14.8 Å². The first-order chi connectivity index (χ1) is 9.42. The van der Waals surface area contributed by atoms with Gasteiger partial charge in [0.2, 0.25) is 5.88 Å². The molecule has 0 radical (unpaired) electrons. The third-order valence-electron chi connectivity index (χ3n) is 2.48. The number of hydrogen-bond acceptors (Lipinski definition) is 4. The maximum atomic E-state index is 6.15. The summed E-state index contributed by atoms with van der Waals surface area (Å²) in [6.07, 6.45) is 2.89. The van der Waals surface area contributed by atoms with Crippen LogP contribution in [0.3, 0.4) is 0 Å². The zero-order valence-corrected chi connectivity index (χ0v) is 13.6. The van der Waals surface area contributed by atoms with E-state index in [0.717, 1.165) is 25.1 Å². The zero-order valence-electron chi connectivity index (χ0n) is 12.8. The summed E-state index contributed by atoms with van der Waals surface area (Å²) in [6.45, 7) is 10.9. The second-order valence-electron chi connectivity index (χ2n) is 5.62. The predicted octanol–water partition coefficient (Wildman–Crippen LogP) is 3.43. The van der Waals surface area contributed by atoms with E-state index in [0.29, 0.717) is 24.1 Å². The van der Waals surface area contributed by atoms with Crippen molar-refractivity contribution in [2.24, 2.45) is 0 Å². The van der Waals surface area contributed by atoms with Gasteiger partial charge in [-0.1, -0.05) is 18.5 Å². The lowest BCUT2D eigenvalue weighted by Crippen LogP contribution is -2.22. The molecule has 0 saturated heterocycles. The molecule has 1 aromatic heterocycles. The smallest absolute Gasteiger partial charge is 0.232 e. The van der Waals surface area contributed by atoms with Crippen LogP contribution in [-0.4, -0.2) is 30.3 Å². The van der Waals surface area contributed by atoms with E-state index in [2.05, 4.69) is 17.2 Å². The van der Waals surface area contributed by atoms with E-state index in [1.807, 2.05) is 26.8 Å². The van der Waals surface area contributed by atoms with Gasteiger partial charge in [0.15, 0.2) is 0 Å². The fourth-order valence-electron chi connectivity index (χ4n) is 1.56. The first kappa shape index (κ1) is 17.2. The number of halogens is 1. The van der Waals surface area contributed by atoms with Crippen molar-refractivity contribution in [3.05, 3.63) is 22.8 Å². The minimum Gasteiger partial charge on any atom is -0.474 e. The Kier molecular flexibility index (Phi) is 7.27. The number of nitrogens with zero attached hydrogens (tertiary/aromatic N) is 1. The second kappa shape index (κ2) is 8.45. The summed E-state index contributed by atoms with van der Waals surface area (Å²) in [5.74, 6) is 0.461. The molecule has 0 amide bonds. The molecule has 0 saturated carbocycles. The zero-order chi connectivity index (χ0) is 15.0. The lowest BCUT2D eigenvalue weighted by atomic mass is 10.2. The average Bonchev–Trinajstić information content (AvgIpc) is 2.36. The van der Waals surface area contributed by atoms with Crippen molar-refractivity contribution in [3.63, 3.8) is 0 Å². The molecule has 0 aromatic carbocycles. The van der Waals surface area contributed by atoms with E-state index >= 15 is 0 Å². The first-order valence-corrected chi connectivity index (χ1v) is 7.42. The van der Waals surface area contributed by atoms with Crippen molar-refractivity contribution < 1.29 is 9.47 Å². The highest BCUT2D eigenvalue weighted by atomic mass is 35.5. The highest BCUT2D eigenvalue weighted by Crippen LogP contribution is 2.22. The first-order valence-electron chi connectivity index (χ1n) is 7.04. The van der Waals surface area contributed by atoms with Gasteiger partial charge in [0.25, 0.3) is 0 Å². The third kappa shape index (κ3) is 7.08. The Bertz CT molecular complexity index is 405. The molecule has 114 valence electrons. The van der Waals surface area contributed by atoms with Crippen molar-refractivity contribution in [2.45, 2.75) is 46.3 Å². The Morgan fingerprint density at radius 2 is 2.05 bits per heavy atom. The second-order valence-corrected chi connectivity index (χ2v) is 6.02. The van der Waals surface area contributed by atoms with Gasteiger partial charge in [-0.3, -0.25) is 0 Å². The predicted molar refractivity (Wildman–Crippen MR) is 82.4 cm³/mol. The van der Waals surface area contributed by atoms with Crippen LogP contribution in [0, 0.1) is 0 Å². The van der Waals surface area contributed by atoms with Gasteiger partial charge in [-0.05, 0) is 45.4 Å². The van der Waals surface area contributed by atoms with Crippen LogP contribution in [0.25, 0.3) is 0 Å². The van der Waals surface area contributed by atoms with Crippen LogP contribution in [0.4, 0.5) is 0 Å². The molecular formula is C15H25ClN2O2. The maximum absolute atomic E-state index is 6.15. The van der Waals surface area contributed by atoms with Crippen molar-refractivity contribution in [1.29, 1.82) is 0 Å². The van der Waals surface area contributed by atoms with Crippen molar-refractivity contribution >= 4 is 11.6 Å². The summed E-state index contributed by atoms with van der Waals surface area (Å²) >= 11 is 6.15. The SMILES string of the molecule is CCCNCc1cnc(OCCOC(C)(C)C)c(Cl)c1. The highest BCUT2D eigenvalue weighted by Gasteiger charge is 2.10. The number of hydrogen-bond donors (Lipinski definition) is 1. The average molecular weight is 301 g/mol. The third-order valence-corrected chi connectivity index (χ3v) is 2.75. The highest BCUT2D eigenvalue weighted by molar-refractivity contribution is 6.31. The van der Waals surface area contributed by atoms with Crippen molar-refractivity contribution in [2.75, 3.05) is 19.8 Å². The van der Waals surface area contributed by atoms with E-state index < -0.39 is 0 Å². The molecule has 0 aliphatic carbocycles. The molecule has 5 heteroatoms. The van der Waals surface area contributed by atoms with Crippen LogP contribution < -0.4 is 10.1 Å². The molecule has 0 spiro atoms. The monoisotopic (exact) mass is 300 g/mol. The fraction of sp³-hybridized carbons (Fsp3) is 0.667. The number of aromatic nitrogens is 1. The molecule has 1 rings (SSSR count). The van der Waals surface area contributed by atoms with Gasteiger partial charge in [0.05, 0.1) is 12.2 Å². The molecule has 4 nitrogen and oxygen atoms in total. The van der Waals surface area contributed by atoms with Crippen molar-refractivity contribution in [3.8, 4) is 5.88 Å². The Morgan fingerprint density at radius 1 is 1.30 bits per heavy atom. The molecule has 0 fully saturated rings. The molecule has 0 unspecified atom stereocenters. The number of ether oxygens (including phenoxy) is 2. The summed E-state index contributed by atoms with van der Waals surface area (Å²) < 4.78 is 11.1. The minimum absolute atomic E-state index is 0.157. The van der Waals surface area contributed by atoms with Gasteiger partial charge >= 0.3 is 0 Å². The standard InChI is InChI=1S/C15H25ClN2O2/c1-5-6-17-10-12-9-13(16)14(18-11-12)19-7-8-20-15(2,3)4/h9,11,17H,5-8,10H2,1-4H3. The minimum atomic E-state index is -0.157. The van der Waals surface area contributed by atoms with E-state index in [9.17, 15) is 0 Å². The Labute approximate surface area is 126 Å². The van der Waals surface area contributed by atoms with E-state index in [1.54, 1.807) is 6.20 Å². The molecule has 1 aromatic rings. The van der Waals surface area contributed by atoms with Crippen LogP contribution in [0.15, 0.2) is 12.3 Å². The summed E-state index contributed by atoms with van der Waals surface area (Å²) in [4.78, 5) is 4.24. The summed E-state index contributed by atoms with van der Waals surface area (Å²) in [5.41, 5.74) is 0.900. The molecule has 1 heterocycles. The molecule has 1 N–H and O–H groups in total. The lowest BCUT2D eigenvalue weighted by molar-refractivity contribution is -0.0167. The molecule has 0 atom stereocenters. The fourth-order valence-corrected chi connectivity index (χ4v) is 1.81. The Balaban J connectivity index is 2.39. The molecule has 0 aliphatic rings. The van der Waals surface area contributed by atoms with Crippen LogP contribution in [0.1, 0.15) is 39.7 Å². The Hall–Kier alpha value is -0.840. The molecular weight excluding hydrogens is 276 g/mol. The van der Waals surface area contributed by atoms with E-state index in [-0.39, 0.29) is 5.60 Å². The van der Waals surface area contributed by atoms with Gasteiger partial charge in [-0.15, -0.1) is 0 Å². The van der Waals surface area contributed by atoms with Gasteiger partial charge in [-0.25, -0.2) is 4.98 Å². The summed E-state index contributed by atoms with van der Waals surface area (Å²) in [5, 5.41) is 3.85. The van der Waals surface area contributed by atoms with E-state index in [4.69, 9.17) is 21.1 Å². The largest absolute Gasteiger partial charge is 0.474 e. The van der Waals surface area contributed by atoms with Crippen LogP contribution in [0.5, 0.6) is 5.88 Å². The van der Waals surface area contributed by atoms with Gasteiger partial charge in [-0.2, -0.15) is 0 Å². The number of nitrogens with one attached hydrogen (secondary N) is 1. The maximum Gasteiger partial charge on any atom is 0.232 e. The topological polar surface area (TPSA) is 43.4 Å². The van der Waals surface area contributed by atoms with Crippen LogP contribution in [0.2, 0.25) is 5.02 Å². The van der Waals surface area contributed by atoms with Crippen LogP contribution >= 0.6 is 11.6 Å². The Morgan fingerprint density at radius 3 is 2.65 bits per heavy atom. The van der Waals surface area contributed by atoms with Gasteiger partial charge in [0, 0.05) is 12.7 Å². The number of pyridine rings is 1. The summed E-state index contributed by atoms with van der Waals surface area (Å²) in [7, 11) is 0. The lowest BCUT2D eigenvalue weighted by Gasteiger charge is -2.19. The number of rotatable bonds is 8. The van der Waals surface area contributed by atoms with Gasteiger partial charge in [0.1, 0.15) is 11.6 Å². The quantitative estimate of drug-likeness (QED) is 0.747. The molecule has 20 heavy (non-hydrogen) atoms. The summed E-state index contributed by atoms with van der Waals surface area (Å²) in [6, 6.07) is 1.89. The van der Waals surface area contributed by atoms with E-state index in [1.165, 1.54) is 0 Å². The molecule has 0 bridgehead atoms. The van der Waals surface area contributed by atoms with Crippen LogP contribution in [-0.2, 0) is 11.3 Å². The van der Waals surface area contributed by atoms with Crippen molar-refractivity contribution in [1.82, 2.24) is 10.3 Å². The normalized spacial score (nSPS) is 11.7. The molecule has 0 aliphatic heterocycles.